The highest BCUT2D eigenvalue weighted by molar-refractivity contribution is 9.15. The molecule has 0 aromatic heterocycles. The number of hydrogen-bond acceptors (Lipinski definition) is 2. The van der Waals surface area contributed by atoms with Crippen molar-refractivity contribution in [1.82, 2.24) is 9.71 Å². The molecular weight excluding hydrogens is 339 g/mol. The van der Waals surface area contributed by atoms with Crippen molar-refractivity contribution >= 4 is 34.3 Å². The van der Waals surface area contributed by atoms with Crippen molar-refractivity contribution in [3.05, 3.63) is 41.0 Å². The van der Waals surface area contributed by atoms with Gasteiger partial charge in [0.1, 0.15) is 0 Å². The first-order chi connectivity index (χ1) is 10.6. The average Bonchev–Trinajstić information content (AvgIpc) is 2.56. The zero-order valence-corrected chi connectivity index (χ0v) is 15.3. The Balaban J connectivity index is 2.15. The fraction of sp³-hybridized carbons (Fsp3) is 0.471. The summed E-state index contributed by atoms with van der Waals surface area (Å²) in [5.74, 6) is 0.111. The van der Waals surface area contributed by atoms with Gasteiger partial charge in [-0.05, 0) is 57.5 Å². The number of amides is 1. The monoisotopic (exact) mass is 362 g/mol. The number of halogens is 1. The second-order valence-corrected chi connectivity index (χ2v) is 6.57. The molecule has 0 unspecified atom stereocenters. The predicted octanol–water partition coefficient (Wildman–Crippen LogP) is 2.92. The molecule has 0 radical (unpaired) electrons. The van der Waals surface area contributed by atoms with Gasteiger partial charge in [-0.25, -0.2) is 0 Å². The quantitative estimate of drug-likeness (QED) is 0.769. The van der Waals surface area contributed by atoms with Gasteiger partial charge < -0.3 is 9.71 Å². The van der Waals surface area contributed by atoms with Crippen molar-refractivity contribution in [3.8, 4) is 0 Å². The molecule has 0 atom stereocenters. The molecule has 0 N–H and O–H groups in total. The average molecular weight is 363 g/mol. The molecule has 1 aliphatic rings. The normalized spacial score (nSPS) is 15.7. The molecule has 1 saturated heterocycles. The van der Waals surface area contributed by atoms with Crippen LogP contribution in [0.4, 0.5) is 0 Å². The van der Waals surface area contributed by atoms with Gasteiger partial charge in [0.25, 0.3) is 5.91 Å². The smallest absolute Gasteiger partial charge is 0.253 e. The van der Waals surface area contributed by atoms with E-state index in [1.807, 2.05) is 43.0 Å². The number of piperidine rings is 1. The van der Waals surface area contributed by atoms with Gasteiger partial charge in [-0.15, -0.1) is 0 Å². The van der Waals surface area contributed by atoms with Crippen molar-refractivity contribution in [2.75, 3.05) is 26.2 Å². The van der Waals surface area contributed by atoms with Crippen LogP contribution in [0.3, 0.4) is 0 Å². The highest BCUT2D eigenvalue weighted by Gasteiger charge is 2.15. The van der Waals surface area contributed by atoms with Crippen molar-refractivity contribution in [3.63, 3.8) is 0 Å². The number of rotatable bonds is 4. The molecule has 0 saturated carbocycles. The number of benzene rings is 1. The van der Waals surface area contributed by atoms with E-state index in [9.17, 15) is 4.79 Å². The SMILES string of the molecule is BN1CCC(=C(Br)c2ccc(C(=O)N(CC)CC)cc2)CC1. The van der Waals surface area contributed by atoms with Crippen LogP contribution in [0.15, 0.2) is 29.8 Å². The maximum absolute atomic E-state index is 12.3. The Labute approximate surface area is 142 Å². The first-order valence-corrected chi connectivity index (χ1v) is 8.81. The molecule has 5 heteroatoms. The molecule has 2 rings (SSSR count). The minimum absolute atomic E-state index is 0.111. The number of hydrogen-bond donors (Lipinski definition) is 0. The van der Waals surface area contributed by atoms with Crippen molar-refractivity contribution in [2.24, 2.45) is 0 Å². The Bertz CT molecular complexity index is 542. The summed E-state index contributed by atoms with van der Waals surface area (Å²) < 4.78 is 1.20. The molecule has 22 heavy (non-hydrogen) atoms. The Morgan fingerprint density at radius 1 is 1.14 bits per heavy atom. The Hall–Kier alpha value is -1.07. The first-order valence-electron chi connectivity index (χ1n) is 8.02. The predicted molar refractivity (Wildman–Crippen MR) is 98.9 cm³/mol. The van der Waals surface area contributed by atoms with Crippen LogP contribution in [-0.2, 0) is 0 Å². The highest BCUT2D eigenvalue weighted by Crippen LogP contribution is 2.31. The third-order valence-electron chi connectivity index (χ3n) is 4.34. The molecule has 1 aliphatic heterocycles. The van der Waals surface area contributed by atoms with Crippen LogP contribution in [0.2, 0.25) is 0 Å². The summed E-state index contributed by atoms with van der Waals surface area (Å²) in [6.45, 7) is 7.75. The summed E-state index contributed by atoms with van der Waals surface area (Å²) >= 11 is 3.75. The fourth-order valence-electron chi connectivity index (χ4n) is 2.76. The summed E-state index contributed by atoms with van der Waals surface area (Å²) in [6, 6.07) is 7.97. The lowest BCUT2D eigenvalue weighted by molar-refractivity contribution is 0.0773. The van der Waals surface area contributed by atoms with Crippen LogP contribution in [0.25, 0.3) is 4.48 Å². The van der Waals surface area contributed by atoms with E-state index in [4.69, 9.17) is 0 Å². The van der Waals surface area contributed by atoms with Crippen LogP contribution in [-0.4, -0.2) is 49.8 Å². The topological polar surface area (TPSA) is 23.6 Å². The minimum atomic E-state index is 0.111. The van der Waals surface area contributed by atoms with Gasteiger partial charge >= 0.3 is 0 Å². The lowest BCUT2D eigenvalue weighted by Crippen LogP contribution is -2.30. The minimum Gasteiger partial charge on any atom is -0.348 e. The van der Waals surface area contributed by atoms with Gasteiger partial charge in [-0.1, -0.05) is 33.6 Å². The summed E-state index contributed by atoms with van der Waals surface area (Å²) in [5, 5.41) is 0. The van der Waals surface area contributed by atoms with Crippen molar-refractivity contribution in [2.45, 2.75) is 26.7 Å². The van der Waals surface area contributed by atoms with E-state index >= 15 is 0 Å². The molecule has 1 aromatic rings. The van der Waals surface area contributed by atoms with Gasteiger partial charge in [-0.2, -0.15) is 0 Å². The molecule has 1 fully saturated rings. The summed E-state index contributed by atoms with van der Waals surface area (Å²) in [7, 11) is 2.16. The molecule has 118 valence electrons. The highest BCUT2D eigenvalue weighted by atomic mass is 79.9. The fourth-order valence-corrected chi connectivity index (χ4v) is 3.43. The molecular formula is C17H24BBrN2O. The second-order valence-electron chi connectivity index (χ2n) is 5.78. The Kier molecular flexibility index (Phi) is 6.27. The van der Waals surface area contributed by atoms with E-state index in [2.05, 4.69) is 28.7 Å². The number of nitrogens with zero attached hydrogens (tertiary/aromatic N) is 2. The van der Waals surface area contributed by atoms with Crippen LogP contribution in [0.1, 0.15) is 42.6 Å². The van der Waals surface area contributed by atoms with Gasteiger partial charge in [0, 0.05) is 23.1 Å². The molecule has 0 aliphatic carbocycles. The zero-order chi connectivity index (χ0) is 16.1. The third-order valence-corrected chi connectivity index (χ3v) is 5.36. The van der Waals surface area contributed by atoms with Crippen LogP contribution in [0.5, 0.6) is 0 Å². The molecule has 3 nitrogen and oxygen atoms in total. The van der Waals surface area contributed by atoms with E-state index in [-0.39, 0.29) is 5.91 Å². The summed E-state index contributed by atoms with van der Waals surface area (Å²) in [6.07, 6.45) is 2.22. The van der Waals surface area contributed by atoms with Crippen LogP contribution < -0.4 is 0 Å². The maximum atomic E-state index is 12.3. The van der Waals surface area contributed by atoms with E-state index in [1.165, 1.54) is 10.1 Å². The Morgan fingerprint density at radius 2 is 1.64 bits per heavy atom. The van der Waals surface area contributed by atoms with Gasteiger partial charge in [0.05, 0.1) is 0 Å². The third kappa shape index (κ3) is 4.02. The van der Waals surface area contributed by atoms with E-state index in [1.54, 1.807) is 0 Å². The maximum Gasteiger partial charge on any atom is 0.253 e. The van der Waals surface area contributed by atoms with Crippen LogP contribution in [0, 0.1) is 0 Å². The van der Waals surface area contributed by atoms with E-state index < -0.39 is 0 Å². The van der Waals surface area contributed by atoms with E-state index in [0.717, 1.165) is 50.1 Å². The number of carbonyl (C=O) groups is 1. The molecule has 1 amide bonds. The Morgan fingerprint density at radius 3 is 2.14 bits per heavy atom. The number of carbonyl (C=O) groups excluding carboxylic acids is 1. The van der Waals surface area contributed by atoms with Crippen LogP contribution >= 0.6 is 15.9 Å². The molecule has 1 aromatic carbocycles. The van der Waals surface area contributed by atoms with E-state index in [0.29, 0.717) is 0 Å². The van der Waals surface area contributed by atoms with Gasteiger partial charge in [0.2, 0.25) is 0 Å². The summed E-state index contributed by atoms with van der Waals surface area (Å²) in [4.78, 5) is 16.5. The molecule has 0 bridgehead atoms. The standard InChI is InChI=1S/C17H24BBrN2O/c1-3-20(4-2)17(22)15-7-5-13(6-8-15)16(19)14-9-11-21(18)12-10-14/h5-8H,3-4,9-12,18H2,1-2H3. The van der Waals surface area contributed by atoms with Gasteiger partial charge in [-0.3, -0.25) is 4.79 Å². The second kappa shape index (κ2) is 7.98. The van der Waals surface area contributed by atoms with Crippen molar-refractivity contribution in [1.29, 1.82) is 0 Å². The first kappa shape index (κ1) is 17.3. The molecule has 0 spiro atoms. The largest absolute Gasteiger partial charge is 0.348 e. The zero-order valence-electron chi connectivity index (χ0n) is 13.7. The lowest BCUT2D eigenvalue weighted by atomic mass is 9.98. The van der Waals surface area contributed by atoms with Gasteiger partial charge in [0.15, 0.2) is 7.98 Å². The lowest BCUT2D eigenvalue weighted by Gasteiger charge is -2.25. The summed E-state index contributed by atoms with van der Waals surface area (Å²) in [5.41, 5.74) is 3.40. The van der Waals surface area contributed by atoms with Crippen molar-refractivity contribution < 1.29 is 4.79 Å². The molecule has 1 heterocycles.